The summed E-state index contributed by atoms with van der Waals surface area (Å²) in [6.07, 6.45) is 0.0990. The van der Waals surface area contributed by atoms with Gasteiger partial charge in [-0.25, -0.2) is 4.39 Å². The van der Waals surface area contributed by atoms with Gasteiger partial charge in [0.05, 0.1) is 12.1 Å². The van der Waals surface area contributed by atoms with Crippen molar-refractivity contribution in [2.75, 3.05) is 18.4 Å². The molecule has 0 saturated carbocycles. The predicted octanol–water partition coefficient (Wildman–Crippen LogP) is 3.38. The van der Waals surface area contributed by atoms with Crippen LogP contribution in [0, 0.1) is 17.7 Å². The van der Waals surface area contributed by atoms with E-state index in [0.29, 0.717) is 6.54 Å². The second-order valence-corrected chi connectivity index (χ2v) is 7.13. The van der Waals surface area contributed by atoms with Gasteiger partial charge in [-0.1, -0.05) is 27.7 Å². The van der Waals surface area contributed by atoms with Crippen molar-refractivity contribution < 1.29 is 23.9 Å². The van der Waals surface area contributed by atoms with Crippen LogP contribution >= 0.6 is 0 Å². The molecule has 144 valence electrons. The molecule has 0 saturated heterocycles. The zero-order valence-electron chi connectivity index (χ0n) is 15.7. The topological polar surface area (TPSA) is 86.7 Å². The van der Waals surface area contributed by atoms with E-state index in [4.69, 9.17) is 5.11 Å². The Hall–Kier alpha value is -2.44. The lowest BCUT2D eigenvalue weighted by Crippen LogP contribution is -2.36. The Morgan fingerprint density at radius 2 is 1.81 bits per heavy atom. The van der Waals surface area contributed by atoms with E-state index in [1.54, 1.807) is 0 Å². The summed E-state index contributed by atoms with van der Waals surface area (Å²) < 4.78 is 14.3. The maximum atomic E-state index is 14.3. The summed E-state index contributed by atoms with van der Waals surface area (Å²) in [5, 5.41) is 11.3. The molecule has 0 heterocycles. The smallest absolute Gasteiger partial charge is 0.305 e. The number of anilines is 1. The van der Waals surface area contributed by atoms with Crippen LogP contribution in [0.1, 0.15) is 50.9 Å². The van der Waals surface area contributed by atoms with Crippen LogP contribution in [-0.4, -0.2) is 40.9 Å². The normalized spacial score (nSPS) is 10.9. The Labute approximate surface area is 153 Å². The molecule has 0 fully saturated rings. The molecule has 1 rings (SSSR count). The van der Waals surface area contributed by atoms with Crippen molar-refractivity contribution in [1.82, 2.24) is 4.90 Å². The number of carbonyl (C=O) groups excluding carboxylic acids is 2. The maximum Gasteiger partial charge on any atom is 0.305 e. The summed E-state index contributed by atoms with van der Waals surface area (Å²) in [5.41, 5.74) is 0.142. The molecule has 0 radical (unpaired) electrons. The fourth-order valence-electron chi connectivity index (χ4n) is 2.45. The maximum absolute atomic E-state index is 14.3. The molecule has 2 N–H and O–H groups in total. The molecule has 1 aromatic rings. The average molecular weight is 366 g/mol. The van der Waals surface area contributed by atoms with E-state index in [1.807, 2.05) is 27.7 Å². The van der Waals surface area contributed by atoms with Crippen molar-refractivity contribution in [3.63, 3.8) is 0 Å². The minimum Gasteiger partial charge on any atom is -0.481 e. The first-order valence-corrected chi connectivity index (χ1v) is 8.70. The number of hydrogen-bond donors (Lipinski definition) is 2. The number of rotatable bonds is 9. The van der Waals surface area contributed by atoms with Gasteiger partial charge in [-0.15, -0.1) is 0 Å². The summed E-state index contributed by atoms with van der Waals surface area (Å²) in [4.78, 5) is 36.6. The highest BCUT2D eigenvalue weighted by molar-refractivity contribution is 5.96. The molecule has 0 bridgehead atoms. The highest BCUT2D eigenvalue weighted by Crippen LogP contribution is 2.18. The Morgan fingerprint density at radius 3 is 2.31 bits per heavy atom. The van der Waals surface area contributed by atoms with Crippen LogP contribution in [0.2, 0.25) is 0 Å². The van der Waals surface area contributed by atoms with E-state index in [1.165, 1.54) is 17.0 Å². The summed E-state index contributed by atoms with van der Waals surface area (Å²) in [5.74, 6) is -2.12. The Morgan fingerprint density at radius 1 is 1.15 bits per heavy atom. The van der Waals surface area contributed by atoms with Gasteiger partial charge in [0.15, 0.2) is 0 Å². The molecule has 0 atom stereocenters. The van der Waals surface area contributed by atoms with E-state index in [9.17, 15) is 18.8 Å². The zero-order valence-corrected chi connectivity index (χ0v) is 15.7. The van der Waals surface area contributed by atoms with Gasteiger partial charge >= 0.3 is 5.97 Å². The van der Waals surface area contributed by atoms with Crippen molar-refractivity contribution in [2.24, 2.45) is 11.8 Å². The zero-order chi connectivity index (χ0) is 19.9. The van der Waals surface area contributed by atoms with Crippen LogP contribution < -0.4 is 5.32 Å². The summed E-state index contributed by atoms with van der Waals surface area (Å²) in [6.45, 7) is 8.03. The molecule has 2 amide bonds. The highest BCUT2D eigenvalue weighted by atomic mass is 19.1. The van der Waals surface area contributed by atoms with Crippen LogP contribution in [0.3, 0.4) is 0 Å². The van der Waals surface area contributed by atoms with E-state index in [0.717, 1.165) is 6.07 Å². The predicted molar refractivity (Wildman–Crippen MR) is 97.5 cm³/mol. The van der Waals surface area contributed by atoms with Gasteiger partial charge < -0.3 is 15.3 Å². The lowest BCUT2D eigenvalue weighted by Gasteiger charge is -2.24. The number of carboxylic acids is 1. The van der Waals surface area contributed by atoms with Gasteiger partial charge in [-0.05, 0) is 30.0 Å². The van der Waals surface area contributed by atoms with Crippen molar-refractivity contribution >= 4 is 23.5 Å². The number of hydrogen-bond acceptors (Lipinski definition) is 3. The Balaban J connectivity index is 2.91. The quantitative estimate of drug-likeness (QED) is 0.701. The summed E-state index contributed by atoms with van der Waals surface area (Å²) in [6, 6.07) is 3.86. The number of carboxylic acid groups (broad SMARTS) is 1. The third kappa shape index (κ3) is 7.21. The molecule has 0 aliphatic carbocycles. The van der Waals surface area contributed by atoms with Crippen LogP contribution in [0.4, 0.5) is 10.1 Å². The molecule has 0 aliphatic rings. The number of benzene rings is 1. The van der Waals surface area contributed by atoms with Crippen LogP contribution in [-0.2, 0) is 9.59 Å². The van der Waals surface area contributed by atoms with Crippen LogP contribution in [0.5, 0.6) is 0 Å². The first-order valence-electron chi connectivity index (χ1n) is 8.70. The Kier molecular flexibility index (Phi) is 8.22. The SMILES string of the molecule is CC(C)CC(=O)Nc1ccc(C(=O)N(CCC(=O)O)CC(C)C)cc1F. The van der Waals surface area contributed by atoms with E-state index in [-0.39, 0.29) is 48.4 Å². The molecule has 0 aliphatic heterocycles. The van der Waals surface area contributed by atoms with Crippen molar-refractivity contribution in [3.8, 4) is 0 Å². The van der Waals surface area contributed by atoms with E-state index in [2.05, 4.69) is 5.32 Å². The number of carbonyl (C=O) groups is 3. The standard InChI is InChI=1S/C19H27FN2O4/c1-12(2)9-17(23)21-16-6-5-14(10-15(16)20)19(26)22(11-13(3)4)8-7-18(24)25/h5-6,10,12-13H,7-9,11H2,1-4H3,(H,21,23)(H,24,25). The molecule has 26 heavy (non-hydrogen) atoms. The number of nitrogens with zero attached hydrogens (tertiary/aromatic N) is 1. The fraction of sp³-hybridized carbons (Fsp3) is 0.526. The van der Waals surface area contributed by atoms with Crippen molar-refractivity contribution in [2.45, 2.75) is 40.5 Å². The second-order valence-electron chi connectivity index (χ2n) is 7.13. The van der Waals surface area contributed by atoms with Crippen LogP contribution in [0.15, 0.2) is 18.2 Å². The lowest BCUT2D eigenvalue weighted by molar-refractivity contribution is -0.137. The molecule has 1 aromatic carbocycles. The fourth-order valence-corrected chi connectivity index (χ4v) is 2.45. The van der Waals surface area contributed by atoms with Gasteiger partial charge in [-0.3, -0.25) is 14.4 Å². The van der Waals surface area contributed by atoms with Gasteiger partial charge in [0.2, 0.25) is 5.91 Å². The third-order valence-electron chi connectivity index (χ3n) is 3.55. The van der Waals surface area contributed by atoms with Crippen molar-refractivity contribution in [1.29, 1.82) is 0 Å². The number of nitrogens with one attached hydrogen (secondary N) is 1. The van der Waals surface area contributed by atoms with Gasteiger partial charge in [-0.2, -0.15) is 0 Å². The third-order valence-corrected chi connectivity index (χ3v) is 3.55. The molecule has 0 unspecified atom stereocenters. The van der Waals surface area contributed by atoms with Gasteiger partial charge in [0.1, 0.15) is 5.82 Å². The molecule has 0 aromatic heterocycles. The summed E-state index contributed by atoms with van der Waals surface area (Å²) >= 11 is 0. The van der Waals surface area contributed by atoms with Gasteiger partial charge in [0, 0.05) is 25.1 Å². The minimum absolute atomic E-state index is 0.0214. The number of amides is 2. The minimum atomic E-state index is -0.999. The first kappa shape index (κ1) is 21.6. The lowest BCUT2D eigenvalue weighted by atomic mass is 10.1. The average Bonchev–Trinajstić information content (AvgIpc) is 2.51. The molecular formula is C19H27FN2O4. The number of aliphatic carboxylic acids is 1. The molecule has 7 heteroatoms. The van der Waals surface area contributed by atoms with Crippen molar-refractivity contribution in [3.05, 3.63) is 29.6 Å². The van der Waals surface area contributed by atoms with Crippen LogP contribution in [0.25, 0.3) is 0 Å². The van der Waals surface area contributed by atoms with E-state index < -0.39 is 17.7 Å². The molecular weight excluding hydrogens is 339 g/mol. The number of halogens is 1. The first-order chi connectivity index (χ1) is 12.1. The molecule has 6 nitrogen and oxygen atoms in total. The highest BCUT2D eigenvalue weighted by Gasteiger charge is 2.19. The molecule has 0 spiro atoms. The summed E-state index contributed by atoms with van der Waals surface area (Å²) in [7, 11) is 0. The monoisotopic (exact) mass is 366 g/mol. The largest absolute Gasteiger partial charge is 0.481 e. The Bertz CT molecular complexity index is 659. The second kappa shape index (κ2) is 9.89. The van der Waals surface area contributed by atoms with Gasteiger partial charge in [0.25, 0.3) is 5.91 Å². The van der Waals surface area contributed by atoms with E-state index >= 15 is 0 Å².